The van der Waals surface area contributed by atoms with Crippen molar-refractivity contribution in [1.29, 1.82) is 0 Å². The summed E-state index contributed by atoms with van der Waals surface area (Å²) in [5, 5.41) is 9.87. The maximum Gasteiger partial charge on any atom is 0.229 e. The SMILES string of the molecule is CC(C)(C)c1cc(NC(=O)Cc2cccc(Br)c2)n[nH]1. The molecule has 0 unspecified atom stereocenters. The van der Waals surface area contributed by atoms with Gasteiger partial charge in [-0.15, -0.1) is 0 Å². The second kappa shape index (κ2) is 5.79. The first-order chi connectivity index (χ1) is 9.34. The quantitative estimate of drug-likeness (QED) is 0.899. The summed E-state index contributed by atoms with van der Waals surface area (Å²) in [6, 6.07) is 9.59. The second-order valence-corrected chi connectivity index (χ2v) is 6.69. The van der Waals surface area contributed by atoms with E-state index in [-0.39, 0.29) is 11.3 Å². The molecule has 1 heterocycles. The molecule has 4 nitrogen and oxygen atoms in total. The van der Waals surface area contributed by atoms with Gasteiger partial charge in [0.05, 0.1) is 6.42 Å². The van der Waals surface area contributed by atoms with Gasteiger partial charge in [0.15, 0.2) is 5.82 Å². The Morgan fingerprint density at radius 3 is 2.70 bits per heavy atom. The molecule has 0 aliphatic rings. The fourth-order valence-corrected chi connectivity index (χ4v) is 2.24. The summed E-state index contributed by atoms with van der Waals surface area (Å²) in [5.74, 6) is 0.491. The van der Waals surface area contributed by atoms with E-state index in [0.717, 1.165) is 15.7 Å². The summed E-state index contributed by atoms with van der Waals surface area (Å²) in [6.45, 7) is 6.27. The van der Waals surface area contributed by atoms with Crippen LogP contribution in [0.5, 0.6) is 0 Å². The highest BCUT2D eigenvalue weighted by Crippen LogP contribution is 2.22. The third kappa shape index (κ3) is 3.93. The fraction of sp³-hybridized carbons (Fsp3) is 0.333. The van der Waals surface area contributed by atoms with E-state index in [1.54, 1.807) is 0 Å². The minimum absolute atomic E-state index is 0.0136. The Morgan fingerprint density at radius 2 is 2.10 bits per heavy atom. The van der Waals surface area contributed by atoms with Crippen LogP contribution in [-0.2, 0) is 16.6 Å². The molecule has 0 bridgehead atoms. The first-order valence-electron chi connectivity index (χ1n) is 6.45. The molecule has 0 aliphatic carbocycles. The maximum atomic E-state index is 12.0. The van der Waals surface area contributed by atoms with Crippen LogP contribution >= 0.6 is 15.9 Å². The molecule has 1 aromatic heterocycles. The fourth-order valence-electron chi connectivity index (χ4n) is 1.79. The lowest BCUT2D eigenvalue weighted by atomic mass is 9.92. The number of hydrogen-bond donors (Lipinski definition) is 2. The number of benzene rings is 1. The van der Waals surface area contributed by atoms with Gasteiger partial charge >= 0.3 is 0 Å². The lowest BCUT2D eigenvalue weighted by Gasteiger charge is -2.14. The van der Waals surface area contributed by atoms with Crippen molar-refractivity contribution < 1.29 is 4.79 Å². The van der Waals surface area contributed by atoms with Crippen molar-refractivity contribution in [3.05, 3.63) is 46.1 Å². The molecule has 2 rings (SSSR count). The molecule has 2 N–H and O–H groups in total. The van der Waals surface area contributed by atoms with E-state index >= 15 is 0 Å². The van der Waals surface area contributed by atoms with E-state index < -0.39 is 0 Å². The van der Waals surface area contributed by atoms with Gasteiger partial charge in [0, 0.05) is 21.6 Å². The summed E-state index contributed by atoms with van der Waals surface area (Å²) in [5.41, 5.74) is 1.94. The second-order valence-electron chi connectivity index (χ2n) is 5.77. The van der Waals surface area contributed by atoms with Crippen molar-refractivity contribution in [2.75, 3.05) is 5.32 Å². The van der Waals surface area contributed by atoms with Crippen LogP contribution in [0.1, 0.15) is 32.0 Å². The average molecular weight is 336 g/mol. The van der Waals surface area contributed by atoms with Gasteiger partial charge in [0.25, 0.3) is 0 Å². The summed E-state index contributed by atoms with van der Waals surface area (Å²) < 4.78 is 0.970. The number of carbonyl (C=O) groups is 1. The van der Waals surface area contributed by atoms with Gasteiger partial charge in [-0.25, -0.2) is 0 Å². The number of halogens is 1. The van der Waals surface area contributed by atoms with E-state index in [0.29, 0.717) is 12.2 Å². The number of nitrogens with one attached hydrogen (secondary N) is 2. The zero-order valence-corrected chi connectivity index (χ0v) is 13.4. The lowest BCUT2D eigenvalue weighted by molar-refractivity contribution is -0.115. The number of H-pyrrole nitrogens is 1. The number of hydrogen-bond acceptors (Lipinski definition) is 2. The van der Waals surface area contributed by atoms with E-state index in [4.69, 9.17) is 0 Å². The van der Waals surface area contributed by atoms with Crippen molar-refractivity contribution in [1.82, 2.24) is 10.2 Å². The smallest absolute Gasteiger partial charge is 0.229 e. The molecule has 2 aromatic rings. The van der Waals surface area contributed by atoms with E-state index in [9.17, 15) is 4.79 Å². The van der Waals surface area contributed by atoms with Crippen LogP contribution in [0.3, 0.4) is 0 Å². The molecular weight excluding hydrogens is 318 g/mol. The van der Waals surface area contributed by atoms with Gasteiger partial charge in [-0.05, 0) is 17.7 Å². The standard InChI is InChI=1S/C15H18BrN3O/c1-15(2,3)12-9-13(19-18-12)17-14(20)8-10-5-4-6-11(16)7-10/h4-7,9H,8H2,1-3H3,(H2,17,18,19,20). The summed E-state index contributed by atoms with van der Waals surface area (Å²) in [7, 11) is 0. The summed E-state index contributed by atoms with van der Waals surface area (Å²) in [4.78, 5) is 12.0. The normalized spacial score (nSPS) is 11.4. The molecule has 106 valence electrons. The van der Waals surface area contributed by atoms with Crippen molar-refractivity contribution in [2.45, 2.75) is 32.6 Å². The highest BCUT2D eigenvalue weighted by molar-refractivity contribution is 9.10. The topological polar surface area (TPSA) is 57.8 Å². The van der Waals surface area contributed by atoms with Gasteiger partial charge in [-0.2, -0.15) is 5.10 Å². The van der Waals surface area contributed by atoms with Gasteiger partial charge in [-0.3, -0.25) is 9.89 Å². The maximum absolute atomic E-state index is 12.0. The van der Waals surface area contributed by atoms with Crippen molar-refractivity contribution in [2.24, 2.45) is 0 Å². The Labute approximate surface area is 127 Å². The van der Waals surface area contributed by atoms with E-state index in [2.05, 4.69) is 52.2 Å². The minimum Gasteiger partial charge on any atom is -0.309 e. The highest BCUT2D eigenvalue weighted by Gasteiger charge is 2.17. The Kier molecular flexibility index (Phi) is 4.28. The largest absolute Gasteiger partial charge is 0.309 e. The van der Waals surface area contributed by atoms with Crippen molar-refractivity contribution >= 4 is 27.7 Å². The Bertz CT molecular complexity index is 614. The van der Waals surface area contributed by atoms with Crippen LogP contribution in [0, 0.1) is 0 Å². The predicted molar refractivity (Wildman–Crippen MR) is 83.8 cm³/mol. The monoisotopic (exact) mass is 335 g/mol. The Hall–Kier alpha value is -1.62. The zero-order valence-electron chi connectivity index (χ0n) is 11.8. The molecule has 0 radical (unpaired) electrons. The molecule has 20 heavy (non-hydrogen) atoms. The van der Waals surface area contributed by atoms with E-state index in [1.165, 1.54) is 0 Å². The number of amides is 1. The minimum atomic E-state index is -0.0740. The highest BCUT2D eigenvalue weighted by atomic mass is 79.9. The number of nitrogens with zero attached hydrogens (tertiary/aromatic N) is 1. The first kappa shape index (κ1) is 14.8. The van der Waals surface area contributed by atoms with Crippen LogP contribution in [0.2, 0.25) is 0 Å². The number of aromatic amines is 1. The molecule has 0 spiro atoms. The molecule has 1 amide bonds. The number of carbonyl (C=O) groups excluding carboxylic acids is 1. The third-order valence-electron chi connectivity index (χ3n) is 2.91. The van der Waals surface area contributed by atoms with Gasteiger partial charge in [0.2, 0.25) is 5.91 Å². The van der Waals surface area contributed by atoms with Gasteiger partial charge < -0.3 is 5.32 Å². The molecule has 0 aliphatic heterocycles. The summed E-state index contributed by atoms with van der Waals surface area (Å²) >= 11 is 3.39. The summed E-state index contributed by atoms with van der Waals surface area (Å²) in [6.07, 6.45) is 0.331. The zero-order chi connectivity index (χ0) is 14.8. The average Bonchev–Trinajstić information content (AvgIpc) is 2.76. The van der Waals surface area contributed by atoms with Crippen LogP contribution in [0.4, 0.5) is 5.82 Å². The Morgan fingerprint density at radius 1 is 1.35 bits per heavy atom. The van der Waals surface area contributed by atoms with Crippen molar-refractivity contribution in [3.63, 3.8) is 0 Å². The molecule has 0 atom stereocenters. The Balaban J connectivity index is 2.00. The van der Waals surface area contributed by atoms with Crippen LogP contribution in [-0.4, -0.2) is 16.1 Å². The molecule has 5 heteroatoms. The van der Waals surface area contributed by atoms with Gasteiger partial charge in [-0.1, -0.05) is 48.8 Å². The first-order valence-corrected chi connectivity index (χ1v) is 7.24. The molecule has 0 saturated carbocycles. The number of rotatable bonds is 3. The number of anilines is 1. The molecular formula is C15H18BrN3O. The van der Waals surface area contributed by atoms with Crippen LogP contribution in [0.25, 0.3) is 0 Å². The molecule has 1 aromatic carbocycles. The molecule has 0 fully saturated rings. The third-order valence-corrected chi connectivity index (χ3v) is 3.40. The number of aromatic nitrogens is 2. The molecule has 0 saturated heterocycles. The van der Waals surface area contributed by atoms with Crippen LogP contribution < -0.4 is 5.32 Å². The van der Waals surface area contributed by atoms with E-state index in [1.807, 2.05) is 30.3 Å². The van der Waals surface area contributed by atoms with Crippen LogP contribution in [0.15, 0.2) is 34.8 Å². The van der Waals surface area contributed by atoms with Crippen molar-refractivity contribution in [3.8, 4) is 0 Å². The lowest BCUT2D eigenvalue weighted by Crippen LogP contribution is -2.14. The predicted octanol–water partition coefficient (Wildman–Crippen LogP) is 3.65. The van der Waals surface area contributed by atoms with Gasteiger partial charge in [0.1, 0.15) is 0 Å².